The maximum Gasteiger partial charge on any atom is 0.239 e. The van der Waals surface area contributed by atoms with Crippen LogP contribution in [0.1, 0.15) is 6.42 Å². The fourth-order valence-corrected chi connectivity index (χ4v) is 2.06. The average molecular weight is 232 g/mol. The van der Waals surface area contributed by atoms with E-state index in [1.165, 1.54) is 0 Å². The van der Waals surface area contributed by atoms with E-state index < -0.39 is 5.92 Å². The van der Waals surface area contributed by atoms with Crippen LogP contribution in [0.5, 0.6) is 0 Å². The zero-order chi connectivity index (χ0) is 12.4. The lowest BCUT2D eigenvalue weighted by atomic mass is 10.1. The van der Waals surface area contributed by atoms with Gasteiger partial charge in [-0.3, -0.25) is 9.59 Å². The summed E-state index contributed by atoms with van der Waals surface area (Å²) in [5.41, 5.74) is 0.819. The molecule has 1 unspecified atom stereocenters. The van der Waals surface area contributed by atoms with Gasteiger partial charge in [-0.2, -0.15) is 0 Å². The van der Waals surface area contributed by atoms with E-state index in [4.69, 9.17) is 0 Å². The Labute approximate surface area is 101 Å². The van der Waals surface area contributed by atoms with Crippen molar-refractivity contribution in [3.8, 4) is 0 Å². The third-order valence-electron chi connectivity index (χ3n) is 3.20. The van der Waals surface area contributed by atoms with Crippen molar-refractivity contribution in [2.24, 2.45) is 5.92 Å². The SMILES string of the molecule is CN1CCC(C(=O)N(C)c2ccccc2)C1=O. The van der Waals surface area contributed by atoms with Crippen LogP contribution in [0.25, 0.3) is 0 Å². The predicted octanol–water partition coefficient (Wildman–Crippen LogP) is 1.13. The normalized spacial score (nSPS) is 19.5. The molecule has 0 saturated carbocycles. The van der Waals surface area contributed by atoms with Crippen LogP contribution < -0.4 is 4.90 Å². The number of carbonyl (C=O) groups excluding carboxylic acids is 2. The van der Waals surface area contributed by atoms with E-state index in [0.29, 0.717) is 13.0 Å². The smallest absolute Gasteiger partial charge is 0.239 e. The van der Waals surface area contributed by atoms with Crippen LogP contribution in [0.15, 0.2) is 30.3 Å². The Morgan fingerprint density at radius 3 is 2.53 bits per heavy atom. The zero-order valence-electron chi connectivity index (χ0n) is 10.1. The molecule has 2 rings (SSSR count). The first kappa shape index (κ1) is 11.6. The van der Waals surface area contributed by atoms with E-state index in [1.54, 1.807) is 23.9 Å². The molecule has 17 heavy (non-hydrogen) atoms. The van der Waals surface area contributed by atoms with Crippen molar-refractivity contribution in [1.82, 2.24) is 4.90 Å². The third-order valence-corrected chi connectivity index (χ3v) is 3.20. The van der Waals surface area contributed by atoms with Gasteiger partial charge in [0.25, 0.3) is 0 Å². The first-order chi connectivity index (χ1) is 8.11. The minimum atomic E-state index is -0.509. The monoisotopic (exact) mass is 232 g/mol. The summed E-state index contributed by atoms with van der Waals surface area (Å²) in [6.45, 7) is 0.665. The number of amides is 2. The molecule has 1 aromatic rings. The molecule has 0 aromatic heterocycles. The number of para-hydroxylation sites is 1. The van der Waals surface area contributed by atoms with Gasteiger partial charge in [-0.1, -0.05) is 18.2 Å². The van der Waals surface area contributed by atoms with Crippen molar-refractivity contribution in [3.63, 3.8) is 0 Å². The highest BCUT2D eigenvalue weighted by Crippen LogP contribution is 2.21. The highest BCUT2D eigenvalue weighted by atomic mass is 16.2. The number of likely N-dealkylation sites (tertiary alicyclic amines) is 1. The summed E-state index contributed by atoms with van der Waals surface area (Å²) >= 11 is 0. The number of benzene rings is 1. The van der Waals surface area contributed by atoms with E-state index >= 15 is 0 Å². The third kappa shape index (κ3) is 2.16. The number of carbonyl (C=O) groups is 2. The van der Waals surface area contributed by atoms with Crippen molar-refractivity contribution < 1.29 is 9.59 Å². The zero-order valence-corrected chi connectivity index (χ0v) is 10.1. The van der Waals surface area contributed by atoms with Gasteiger partial charge in [-0.25, -0.2) is 0 Å². The number of anilines is 1. The summed E-state index contributed by atoms with van der Waals surface area (Å²) < 4.78 is 0. The molecule has 1 saturated heterocycles. The number of rotatable bonds is 2. The molecule has 4 nitrogen and oxygen atoms in total. The first-order valence-electron chi connectivity index (χ1n) is 5.69. The largest absolute Gasteiger partial charge is 0.345 e. The Kier molecular flexibility index (Phi) is 3.13. The Morgan fingerprint density at radius 1 is 1.35 bits per heavy atom. The molecule has 1 fully saturated rings. The average Bonchev–Trinajstić information content (AvgIpc) is 2.69. The van der Waals surface area contributed by atoms with Gasteiger partial charge in [0.05, 0.1) is 0 Å². The molecule has 90 valence electrons. The van der Waals surface area contributed by atoms with Gasteiger partial charge in [0.1, 0.15) is 5.92 Å². The van der Waals surface area contributed by atoms with Crippen LogP contribution in [0.4, 0.5) is 5.69 Å². The van der Waals surface area contributed by atoms with Crippen LogP contribution in [-0.4, -0.2) is 37.4 Å². The highest BCUT2D eigenvalue weighted by molar-refractivity contribution is 6.08. The van der Waals surface area contributed by atoms with Gasteiger partial charge in [-0.05, 0) is 18.6 Å². The van der Waals surface area contributed by atoms with Crippen molar-refractivity contribution >= 4 is 17.5 Å². The molecule has 0 N–H and O–H groups in total. The fourth-order valence-electron chi connectivity index (χ4n) is 2.06. The number of nitrogens with zero attached hydrogens (tertiary/aromatic N) is 2. The molecule has 1 aliphatic rings. The Bertz CT molecular complexity index is 430. The van der Waals surface area contributed by atoms with Gasteiger partial charge in [-0.15, -0.1) is 0 Å². The Balaban J connectivity index is 2.13. The molecule has 0 radical (unpaired) electrons. The lowest BCUT2D eigenvalue weighted by Gasteiger charge is -2.20. The van der Waals surface area contributed by atoms with Crippen LogP contribution >= 0.6 is 0 Å². The molecule has 4 heteroatoms. The molecule has 0 aliphatic carbocycles. The van der Waals surface area contributed by atoms with Crippen LogP contribution in [0.2, 0.25) is 0 Å². The van der Waals surface area contributed by atoms with Crippen LogP contribution in [0, 0.1) is 5.92 Å². The van der Waals surface area contributed by atoms with Gasteiger partial charge in [0.2, 0.25) is 11.8 Å². The second-order valence-corrected chi connectivity index (χ2v) is 4.33. The van der Waals surface area contributed by atoms with Crippen molar-refractivity contribution in [2.45, 2.75) is 6.42 Å². The van der Waals surface area contributed by atoms with E-state index in [9.17, 15) is 9.59 Å². The van der Waals surface area contributed by atoms with E-state index in [2.05, 4.69) is 0 Å². The van der Waals surface area contributed by atoms with Crippen molar-refractivity contribution in [1.29, 1.82) is 0 Å². The summed E-state index contributed by atoms with van der Waals surface area (Å²) in [6, 6.07) is 9.38. The summed E-state index contributed by atoms with van der Waals surface area (Å²) in [5, 5.41) is 0. The Morgan fingerprint density at radius 2 is 2.00 bits per heavy atom. The maximum atomic E-state index is 12.2. The quantitative estimate of drug-likeness (QED) is 0.717. The summed E-state index contributed by atoms with van der Waals surface area (Å²) in [5.74, 6) is -0.700. The van der Waals surface area contributed by atoms with E-state index in [-0.39, 0.29) is 11.8 Å². The predicted molar refractivity (Wildman–Crippen MR) is 65.6 cm³/mol. The molecule has 1 heterocycles. The van der Waals surface area contributed by atoms with Gasteiger partial charge in [0, 0.05) is 26.3 Å². The molecule has 1 aromatic carbocycles. The van der Waals surface area contributed by atoms with Crippen LogP contribution in [0.3, 0.4) is 0 Å². The lowest BCUT2D eigenvalue weighted by molar-refractivity contribution is -0.135. The molecular weight excluding hydrogens is 216 g/mol. The van der Waals surface area contributed by atoms with Gasteiger partial charge in [0.15, 0.2) is 0 Å². The van der Waals surface area contributed by atoms with E-state index in [0.717, 1.165) is 5.69 Å². The van der Waals surface area contributed by atoms with Gasteiger partial charge < -0.3 is 9.80 Å². The summed E-state index contributed by atoms with van der Waals surface area (Å²) in [7, 11) is 3.45. The first-order valence-corrected chi connectivity index (χ1v) is 5.69. The maximum absolute atomic E-state index is 12.2. The minimum absolute atomic E-state index is 0.0715. The molecule has 1 atom stereocenters. The standard InChI is InChI=1S/C13H16N2O2/c1-14-9-8-11(12(14)16)13(17)15(2)10-6-4-3-5-7-10/h3-7,11H,8-9H2,1-2H3. The summed E-state index contributed by atoms with van der Waals surface area (Å²) in [4.78, 5) is 27.1. The van der Waals surface area contributed by atoms with Crippen molar-refractivity contribution in [3.05, 3.63) is 30.3 Å². The molecule has 1 aliphatic heterocycles. The van der Waals surface area contributed by atoms with Crippen LogP contribution in [-0.2, 0) is 9.59 Å². The molecule has 2 amide bonds. The van der Waals surface area contributed by atoms with Gasteiger partial charge >= 0.3 is 0 Å². The minimum Gasteiger partial charge on any atom is -0.345 e. The Hall–Kier alpha value is -1.84. The second kappa shape index (κ2) is 4.57. The molecular formula is C13H16N2O2. The number of hydrogen-bond donors (Lipinski definition) is 0. The lowest BCUT2D eigenvalue weighted by Crippen LogP contribution is -2.37. The number of hydrogen-bond acceptors (Lipinski definition) is 2. The van der Waals surface area contributed by atoms with E-state index in [1.807, 2.05) is 30.3 Å². The van der Waals surface area contributed by atoms with Crippen molar-refractivity contribution in [2.75, 3.05) is 25.5 Å². The molecule has 0 spiro atoms. The molecule has 0 bridgehead atoms. The highest BCUT2D eigenvalue weighted by Gasteiger charge is 2.36. The fraction of sp³-hybridized carbons (Fsp3) is 0.385. The topological polar surface area (TPSA) is 40.6 Å². The summed E-state index contributed by atoms with van der Waals surface area (Å²) in [6.07, 6.45) is 0.616. The second-order valence-electron chi connectivity index (χ2n) is 4.33.